The largest absolute Gasteiger partial charge is 0.618 e. The van der Waals surface area contributed by atoms with Gasteiger partial charge in [0.25, 0.3) is 0 Å². The third kappa shape index (κ3) is 3.38. The molecular weight excluding hydrogens is 267 g/mol. The molecule has 0 saturated heterocycles. The molecule has 0 aliphatic heterocycles. The Morgan fingerprint density at radius 3 is 2.30 bits per heavy atom. The molecule has 0 aliphatic carbocycles. The van der Waals surface area contributed by atoms with Crippen molar-refractivity contribution in [3.63, 3.8) is 0 Å². The van der Waals surface area contributed by atoms with Crippen LogP contribution in [0.15, 0.2) is 48.5 Å². The molecule has 0 radical (unpaired) electrons. The molecule has 0 amide bonds. The number of rotatable bonds is 2. The zero-order valence-electron chi connectivity index (χ0n) is 10.7. The molecule has 2 rings (SSSR count). The van der Waals surface area contributed by atoms with Crippen molar-refractivity contribution in [2.45, 2.75) is 13.1 Å². The first-order chi connectivity index (χ1) is 9.36. The van der Waals surface area contributed by atoms with E-state index < -0.39 is 11.7 Å². The van der Waals surface area contributed by atoms with Crippen LogP contribution in [0.5, 0.6) is 0 Å². The normalized spacial score (nSPS) is 12.5. The highest BCUT2D eigenvalue weighted by Crippen LogP contribution is 2.31. The van der Waals surface area contributed by atoms with Crippen molar-refractivity contribution in [1.29, 1.82) is 0 Å². The maximum Gasteiger partial charge on any atom is 0.416 e. The van der Waals surface area contributed by atoms with E-state index in [-0.39, 0.29) is 5.69 Å². The predicted molar refractivity (Wildman–Crippen MR) is 71.1 cm³/mol. The zero-order valence-corrected chi connectivity index (χ0v) is 10.7. The van der Waals surface area contributed by atoms with E-state index in [2.05, 4.69) is 0 Å². The Bertz CT molecular complexity index is 630. The van der Waals surface area contributed by atoms with Crippen LogP contribution in [0.2, 0.25) is 0 Å². The molecule has 0 bridgehead atoms. The van der Waals surface area contributed by atoms with Gasteiger partial charge in [0.2, 0.25) is 5.69 Å². The van der Waals surface area contributed by atoms with Crippen LogP contribution in [0, 0.1) is 12.1 Å². The molecule has 0 spiro atoms. The van der Waals surface area contributed by atoms with Gasteiger partial charge in [-0.2, -0.15) is 17.9 Å². The lowest BCUT2D eigenvalue weighted by molar-refractivity contribution is -0.354. The molecule has 2 aromatic rings. The lowest BCUT2D eigenvalue weighted by Gasteiger charge is -2.08. The first-order valence-corrected chi connectivity index (χ1v) is 5.91. The topological polar surface area (TPSA) is 26.1 Å². The highest BCUT2D eigenvalue weighted by molar-refractivity contribution is 5.76. The molecule has 0 unspecified atom stereocenters. The van der Waals surface area contributed by atoms with Crippen molar-refractivity contribution in [2.75, 3.05) is 0 Å². The van der Waals surface area contributed by atoms with Crippen LogP contribution in [-0.4, -0.2) is 11.0 Å². The molecular formula is C15H12F3NO. The van der Waals surface area contributed by atoms with Gasteiger partial charge in [-0.15, -0.1) is 0 Å². The van der Waals surface area contributed by atoms with Gasteiger partial charge >= 0.3 is 6.18 Å². The second-order valence-electron chi connectivity index (χ2n) is 4.41. The van der Waals surface area contributed by atoms with Gasteiger partial charge in [-0.25, -0.2) is 0 Å². The SMILES string of the molecule is Cc1ccc(C=[N+]([O-])c2cccc(C(F)(F)F)c2)cc1. The van der Waals surface area contributed by atoms with Gasteiger partial charge in [0.1, 0.15) is 0 Å². The predicted octanol–water partition coefficient (Wildman–Crippen LogP) is 4.27. The number of benzene rings is 2. The molecule has 0 atom stereocenters. The molecule has 0 aliphatic rings. The summed E-state index contributed by atoms with van der Waals surface area (Å²) in [6, 6.07) is 11.4. The van der Waals surface area contributed by atoms with E-state index in [4.69, 9.17) is 0 Å². The molecule has 5 heteroatoms. The summed E-state index contributed by atoms with van der Waals surface area (Å²) in [6.45, 7) is 1.91. The molecule has 2 nitrogen and oxygen atoms in total. The summed E-state index contributed by atoms with van der Waals surface area (Å²) in [6.07, 6.45) is -3.21. The molecule has 0 fully saturated rings. The van der Waals surface area contributed by atoms with E-state index in [0.29, 0.717) is 10.3 Å². The summed E-state index contributed by atoms with van der Waals surface area (Å²) in [5.41, 5.74) is 0.773. The van der Waals surface area contributed by atoms with Crippen molar-refractivity contribution in [3.8, 4) is 0 Å². The quantitative estimate of drug-likeness (QED) is 0.349. The molecule has 2 aromatic carbocycles. The lowest BCUT2D eigenvalue weighted by atomic mass is 10.1. The van der Waals surface area contributed by atoms with Gasteiger partial charge in [0, 0.05) is 17.7 Å². The first-order valence-electron chi connectivity index (χ1n) is 5.91. The Morgan fingerprint density at radius 2 is 1.70 bits per heavy atom. The second kappa shape index (κ2) is 5.36. The van der Waals surface area contributed by atoms with Crippen molar-refractivity contribution in [3.05, 3.63) is 70.4 Å². The Kier molecular flexibility index (Phi) is 3.79. The molecule has 0 heterocycles. The fourth-order valence-electron chi connectivity index (χ4n) is 1.68. The minimum atomic E-state index is -4.46. The van der Waals surface area contributed by atoms with Crippen molar-refractivity contribution < 1.29 is 17.9 Å². The Hall–Kier alpha value is -2.30. The van der Waals surface area contributed by atoms with Crippen molar-refractivity contribution in [2.24, 2.45) is 0 Å². The van der Waals surface area contributed by atoms with E-state index in [1.807, 2.05) is 19.1 Å². The Labute approximate surface area is 114 Å². The number of aryl methyl sites for hydroxylation is 1. The van der Waals surface area contributed by atoms with E-state index in [1.165, 1.54) is 18.3 Å². The maximum atomic E-state index is 12.6. The van der Waals surface area contributed by atoms with Crippen LogP contribution in [0.4, 0.5) is 18.9 Å². The van der Waals surface area contributed by atoms with Gasteiger partial charge in [-0.05, 0) is 25.1 Å². The summed E-state index contributed by atoms with van der Waals surface area (Å²) in [4.78, 5) is 0. The summed E-state index contributed by atoms with van der Waals surface area (Å²) in [5.74, 6) is 0. The second-order valence-corrected chi connectivity index (χ2v) is 4.41. The van der Waals surface area contributed by atoms with Crippen LogP contribution in [-0.2, 0) is 6.18 Å². The van der Waals surface area contributed by atoms with Crippen molar-refractivity contribution in [1.82, 2.24) is 0 Å². The monoisotopic (exact) mass is 279 g/mol. The van der Waals surface area contributed by atoms with Crippen LogP contribution in [0.25, 0.3) is 0 Å². The number of alkyl halides is 3. The summed E-state index contributed by atoms with van der Waals surface area (Å²) < 4.78 is 38.1. The minimum Gasteiger partial charge on any atom is -0.618 e. The number of hydrogen-bond donors (Lipinski definition) is 0. The van der Waals surface area contributed by atoms with Gasteiger partial charge < -0.3 is 5.21 Å². The smallest absolute Gasteiger partial charge is 0.416 e. The van der Waals surface area contributed by atoms with Crippen LogP contribution < -0.4 is 0 Å². The summed E-state index contributed by atoms with van der Waals surface area (Å²) >= 11 is 0. The third-order valence-corrected chi connectivity index (χ3v) is 2.77. The molecule has 20 heavy (non-hydrogen) atoms. The first kappa shape index (κ1) is 14.1. The molecule has 0 N–H and O–H groups in total. The fraction of sp³-hybridized carbons (Fsp3) is 0.133. The molecule has 0 aromatic heterocycles. The highest BCUT2D eigenvalue weighted by atomic mass is 19.4. The van der Waals surface area contributed by atoms with Gasteiger partial charge in [-0.1, -0.05) is 23.8 Å². The third-order valence-electron chi connectivity index (χ3n) is 2.77. The van der Waals surface area contributed by atoms with E-state index in [1.54, 1.807) is 12.1 Å². The van der Waals surface area contributed by atoms with Gasteiger partial charge in [0.15, 0.2) is 6.21 Å². The van der Waals surface area contributed by atoms with E-state index >= 15 is 0 Å². The zero-order chi connectivity index (χ0) is 14.8. The van der Waals surface area contributed by atoms with Gasteiger partial charge in [0.05, 0.1) is 5.56 Å². The molecule has 0 saturated carbocycles. The van der Waals surface area contributed by atoms with Crippen molar-refractivity contribution >= 4 is 11.9 Å². The highest BCUT2D eigenvalue weighted by Gasteiger charge is 2.31. The maximum absolute atomic E-state index is 12.6. The fourth-order valence-corrected chi connectivity index (χ4v) is 1.68. The number of hydrogen-bond acceptors (Lipinski definition) is 1. The Morgan fingerprint density at radius 1 is 1.05 bits per heavy atom. The van der Waals surface area contributed by atoms with E-state index in [0.717, 1.165) is 17.7 Å². The average molecular weight is 279 g/mol. The van der Waals surface area contributed by atoms with Crippen LogP contribution >= 0.6 is 0 Å². The summed E-state index contributed by atoms with van der Waals surface area (Å²) in [5, 5.41) is 11.9. The minimum absolute atomic E-state index is 0.0552. The molecule has 104 valence electrons. The number of halogens is 3. The average Bonchev–Trinajstić information content (AvgIpc) is 2.40. The van der Waals surface area contributed by atoms with Crippen LogP contribution in [0.3, 0.4) is 0 Å². The van der Waals surface area contributed by atoms with Crippen LogP contribution in [0.1, 0.15) is 16.7 Å². The number of nitrogens with zero attached hydrogens (tertiary/aromatic N) is 1. The standard InChI is InChI=1S/C15H12F3NO/c1-11-5-7-12(8-6-11)10-19(20)14-4-2-3-13(9-14)15(16,17)18/h2-10H,1H3. The Balaban J connectivity index is 2.33. The van der Waals surface area contributed by atoms with Gasteiger partial charge in [-0.3, -0.25) is 0 Å². The summed E-state index contributed by atoms with van der Waals surface area (Å²) in [7, 11) is 0. The lowest BCUT2D eigenvalue weighted by Crippen LogP contribution is -2.06. The van der Waals surface area contributed by atoms with E-state index in [9.17, 15) is 18.4 Å².